The average Bonchev–Trinajstić information content (AvgIpc) is 2.90. The van der Waals surface area contributed by atoms with Crippen molar-refractivity contribution >= 4 is 17.5 Å². The Morgan fingerprint density at radius 2 is 1.76 bits per heavy atom. The molecule has 1 unspecified atom stereocenters. The lowest BCUT2D eigenvalue weighted by molar-refractivity contribution is -0.139. The summed E-state index contributed by atoms with van der Waals surface area (Å²) in [6, 6.07) is 14.4. The highest BCUT2D eigenvalue weighted by Gasteiger charge is 2.38. The van der Waals surface area contributed by atoms with Crippen LogP contribution in [-0.4, -0.2) is 36.0 Å². The number of rotatable bonds is 4. The summed E-state index contributed by atoms with van der Waals surface area (Å²) in [7, 11) is 0. The Morgan fingerprint density at radius 1 is 1.00 bits per heavy atom. The molecule has 0 spiro atoms. The van der Waals surface area contributed by atoms with E-state index in [1.54, 1.807) is 12.1 Å². The van der Waals surface area contributed by atoms with Gasteiger partial charge in [0.15, 0.2) is 11.5 Å². The van der Waals surface area contributed by atoms with E-state index in [1.165, 1.54) is 4.90 Å². The van der Waals surface area contributed by atoms with Crippen LogP contribution in [0, 0.1) is 0 Å². The zero-order valence-electron chi connectivity index (χ0n) is 13.6. The molecule has 128 valence electrons. The van der Waals surface area contributed by atoms with Crippen LogP contribution in [0.3, 0.4) is 0 Å². The number of hydrogen-bond acceptors (Lipinski definition) is 5. The molecular weight excluding hydrogens is 320 g/mol. The first kappa shape index (κ1) is 15.5. The Balaban J connectivity index is 1.47. The number of nitrogens with one attached hydrogen (secondary N) is 1. The number of likely N-dealkylation sites (tertiary alicyclic amines) is 1. The first-order chi connectivity index (χ1) is 12.2. The average molecular weight is 338 g/mol. The lowest BCUT2D eigenvalue weighted by Gasteiger charge is -2.20. The first-order valence-corrected chi connectivity index (χ1v) is 8.25. The lowest BCUT2D eigenvalue weighted by atomic mass is 10.2. The molecule has 0 radical (unpaired) electrons. The van der Waals surface area contributed by atoms with Gasteiger partial charge in [-0.1, -0.05) is 30.3 Å². The number of carbonyl (C=O) groups excluding carboxylic acids is 2. The number of amides is 2. The second-order valence-corrected chi connectivity index (χ2v) is 6.06. The molecule has 4 rings (SSSR count). The highest BCUT2D eigenvalue weighted by molar-refractivity contribution is 6.06. The fourth-order valence-corrected chi connectivity index (χ4v) is 3.06. The van der Waals surface area contributed by atoms with Crippen LogP contribution in [0.15, 0.2) is 48.5 Å². The fourth-order valence-electron chi connectivity index (χ4n) is 3.06. The third-order valence-electron chi connectivity index (χ3n) is 4.31. The van der Waals surface area contributed by atoms with E-state index in [0.29, 0.717) is 31.3 Å². The quantitative estimate of drug-likeness (QED) is 0.866. The van der Waals surface area contributed by atoms with Gasteiger partial charge in [-0.15, -0.1) is 0 Å². The van der Waals surface area contributed by atoms with Crippen LogP contribution in [0.4, 0.5) is 5.69 Å². The molecule has 1 saturated heterocycles. The SMILES string of the molecule is O=C1CC(Nc2ccc3c(c2)OCCO3)C(=O)N1Cc1ccccc1. The van der Waals surface area contributed by atoms with E-state index in [9.17, 15) is 9.59 Å². The molecule has 6 nitrogen and oxygen atoms in total. The van der Waals surface area contributed by atoms with Crippen LogP contribution in [-0.2, 0) is 16.1 Å². The van der Waals surface area contributed by atoms with Gasteiger partial charge in [-0.05, 0) is 17.7 Å². The molecule has 2 aliphatic heterocycles. The second kappa shape index (κ2) is 6.47. The van der Waals surface area contributed by atoms with E-state index in [1.807, 2.05) is 36.4 Å². The van der Waals surface area contributed by atoms with Crippen LogP contribution in [0.5, 0.6) is 11.5 Å². The minimum Gasteiger partial charge on any atom is -0.486 e. The van der Waals surface area contributed by atoms with Crippen molar-refractivity contribution < 1.29 is 19.1 Å². The minimum absolute atomic E-state index is 0.153. The number of nitrogens with zero attached hydrogens (tertiary/aromatic N) is 1. The molecule has 1 fully saturated rings. The van der Waals surface area contributed by atoms with Gasteiger partial charge in [-0.25, -0.2) is 0 Å². The van der Waals surface area contributed by atoms with Crippen molar-refractivity contribution in [2.75, 3.05) is 18.5 Å². The maximum Gasteiger partial charge on any atom is 0.252 e. The molecule has 1 atom stereocenters. The van der Waals surface area contributed by atoms with Crippen LogP contribution >= 0.6 is 0 Å². The fraction of sp³-hybridized carbons (Fsp3) is 0.263. The monoisotopic (exact) mass is 338 g/mol. The van der Waals surface area contributed by atoms with E-state index >= 15 is 0 Å². The second-order valence-electron chi connectivity index (χ2n) is 6.06. The van der Waals surface area contributed by atoms with Crippen molar-refractivity contribution in [3.8, 4) is 11.5 Å². The highest BCUT2D eigenvalue weighted by atomic mass is 16.6. The Hall–Kier alpha value is -3.02. The van der Waals surface area contributed by atoms with Gasteiger partial charge in [-0.2, -0.15) is 0 Å². The molecule has 1 N–H and O–H groups in total. The van der Waals surface area contributed by atoms with Crippen molar-refractivity contribution in [2.45, 2.75) is 19.0 Å². The molecule has 0 bridgehead atoms. The molecule has 0 aliphatic carbocycles. The van der Waals surface area contributed by atoms with Crippen molar-refractivity contribution in [1.82, 2.24) is 4.90 Å². The Labute approximate surface area is 145 Å². The minimum atomic E-state index is -0.557. The van der Waals surface area contributed by atoms with Crippen molar-refractivity contribution in [1.29, 1.82) is 0 Å². The van der Waals surface area contributed by atoms with Crippen molar-refractivity contribution in [3.63, 3.8) is 0 Å². The van der Waals surface area contributed by atoms with Crippen LogP contribution < -0.4 is 14.8 Å². The normalized spacial score (nSPS) is 19.2. The third kappa shape index (κ3) is 3.15. The number of imide groups is 1. The Kier molecular flexibility index (Phi) is 4.01. The van der Waals surface area contributed by atoms with E-state index in [2.05, 4.69) is 5.32 Å². The summed E-state index contributed by atoms with van der Waals surface area (Å²) in [5, 5.41) is 3.14. The number of carbonyl (C=O) groups is 2. The van der Waals surface area contributed by atoms with Crippen molar-refractivity contribution in [2.24, 2.45) is 0 Å². The van der Waals surface area contributed by atoms with Gasteiger partial charge >= 0.3 is 0 Å². The maximum atomic E-state index is 12.6. The summed E-state index contributed by atoms with van der Waals surface area (Å²) in [4.78, 5) is 26.2. The summed E-state index contributed by atoms with van der Waals surface area (Å²) >= 11 is 0. The van der Waals surface area contributed by atoms with Gasteiger partial charge in [-0.3, -0.25) is 14.5 Å². The molecule has 6 heteroatoms. The molecule has 2 aliphatic rings. The summed E-state index contributed by atoms with van der Waals surface area (Å²) in [6.45, 7) is 1.34. The molecule has 2 aromatic rings. The number of fused-ring (bicyclic) bond motifs is 1. The number of ether oxygens (including phenoxy) is 2. The number of benzene rings is 2. The lowest BCUT2D eigenvalue weighted by Crippen LogP contribution is -2.34. The summed E-state index contributed by atoms with van der Waals surface area (Å²) < 4.78 is 11.0. The Morgan fingerprint density at radius 3 is 2.56 bits per heavy atom. The van der Waals surface area contributed by atoms with Gasteiger partial charge in [0.05, 0.1) is 13.0 Å². The zero-order valence-corrected chi connectivity index (χ0v) is 13.6. The summed E-state index contributed by atoms with van der Waals surface area (Å²) in [5.41, 5.74) is 1.67. The highest BCUT2D eigenvalue weighted by Crippen LogP contribution is 2.33. The number of hydrogen-bond donors (Lipinski definition) is 1. The summed E-state index contributed by atoms with van der Waals surface area (Å²) in [6.07, 6.45) is 0.153. The molecular formula is C19H18N2O4. The third-order valence-corrected chi connectivity index (χ3v) is 4.31. The predicted octanol–water partition coefficient (Wildman–Crippen LogP) is 2.20. The van der Waals surface area contributed by atoms with E-state index < -0.39 is 6.04 Å². The molecule has 0 saturated carbocycles. The standard InChI is InChI=1S/C19H18N2O4/c22-18-11-15(19(23)21(18)12-13-4-2-1-3-5-13)20-14-6-7-16-17(10-14)25-9-8-24-16/h1-7,10,15,20H,8-9,11-12H2. The van der Waals surface area contributed by atoms with Crippen LogP contribution in [0.1, 0.15) is 12.0 Å². The van der Waals surface area contributed by atoms with Crippen molar-refractivity contribution in [3.05, 3.63) is 54.1 Å². The molecule has 2 amide bonds. The van der Waals surface area contributed by atoms with E-state index in [-0.39, 0.29) is 18.2 Å². The van der Waals surface area contributed by atoms with Crippen LogP contribution in [0.25, 0.3) is 0 Å². The zero-order chi connectivity index (χ0) is 17.2. The molecule has 25 heavy (non-hydrogen) atoms. The van der Waals surface area contributed by atoms with Gasteiger partial charge in [0.2, 0.25) is 5.91 Å². The van der Waals surface area contributed by atoms with Crippen LogP contribution in [0.2, 0.25) is 0 Å². The number of anilines is 1. The topological polar surface area (TPSA) is 67.9 Å². The Bertz CT molecular complexity index is 806. The van der Waals surface area contributed by atoms with Gasteiger partial charge in [0.25, 0.3) is 5.91 Å². The summed E-state index contributed by atoms with van der Waals surface area (Å²) in [5.74, 6) is 0.970. The predicted molar refractivity (Wildman–Crippen MR) is 91.5 cm³/mol. The molecule has 0 aromatic heterocycles. The van der Waals surface area contributed by atoms with E-state index in [0.717, 1.165) is 11.3 Å². The van der Waals surface area contributed by atoms with Gasteiger partial charge in [0.1, 0.15) is 19.3 Å². The smallest absolute Gasteiger partial charge is 0.252 e. The van der Waals surface area contributed by atoms with Gasteiger partial charge < -0.3 is 14.8 Å². The molecule has 2 aromatic carbocycles. The largest absolute Gasteiger partial charge is 0.486 e. The maximum absolute atomic E-state index is 12.6. The first-order valence-electron chi connectivity index (χ1n) is 8.25. The van der Waals surface area contributed by atoms with Gasteiger partial charge in [0, 0.05) is 11.8 Å². The molecule has 2 heterocycles. The van der Waals surface area contributed by atoms with E-state index in [4.69, 9.17) is 9.47 Å².